The molecular weight excluding hydrogens is 205 g/mol. The molecule has 0 radical (unpaired) electrons. The van der Waals surface area contributed by atoms with Crippen molar-refractivity contribution < 1.29 is 4.39 Å². The summed E-state index contributed by atoms with van der Waals surface area (Å²) in [5, 5.41) is 0. The molecule has 0 spiro atoms. The second-order valence-corrected chi connectivity index (χ2v) is 4.19. The van der Waals surface area contributed by atoms with Gasteiger partial charge in [-0.15, -0.1) is 0 Å². The van der Waals surface area contributed by atoms with Crippen LogP contribution < -0.4 is 5.73 Å². The summed E-state index contributed by atoms with van der Waals surface area (Å²) in [6, 6.07) is 5.15. The minimum absolute atomic E-state index is 0.209. The fraction of sp³-hybridized carbons (Fsp3) is 0.417. The van der Waals surface area contributed by atoms with Gasteiger partial charge in [0.1, 0.15) is 11.3 Å². The van der Waals surface area contributed by atoms with E-state index >= 15 is 0 Å². The normalized spacial score (nSPS) is 13.2. The Morgan fingerprint density at radius 1 is 1.50 bits per heavy atom. The number of nitrogens with two attached hydrogens (primary N) is 1. The van der Waals surface area contributed by atoms with Crippen molar-refractivity contribution in [3.8, 4) is 0 Å². The lowest BCUT2D eigenvalue weighted by molar-refractivity contribution is 0.615. The maximum atomic E-state index is 13.3. The molecule has 2 aromatic rings. The predicted molar refractivity (Wildman–Crippen MR) is 62.6 cm³/mol. The number of para-hydroxylation sites is 1. The molecule has 0 aliphatic rings. The van der Waals surface area contributed by atoms with Crippen LogP contribution in [0.2, 0.25) is 0 Å². The van der Waals surface area contributed by atoms with Crippen LogP contribution in [-0.4, -0.2) is 16.0 Å². The summed E-state index contributed by atoms with van der Waals surface area (Å²) in [7, 11) is 0. The lowest BCUT2D eigenvalue weighted by Gasteiger charge is -2.01. The van der Waals surface area contributed by atoms with Gasteiger partial charge in [0.25, 0.3) is 0 Å². The molecule has 16 heavy (non-hydrogen) atoms. The van der Waals surface area contributed by atoms with Crippen molar-refractivity contribution in [2.24, 2.45) is 5.73 Å². The first-order valence-electron chi connectivity index (χ1n) is 5.55. The van der Waals surface area contributed by atoms with E-state index in [1.807, 2.05) is 13.0 Å². The molecule has 0 saturated heterocycles. The largest absolute Gasteiger partial charge is 0.342 e. The van der Waals surface area contributed by atoms with Crippen LogP contribution in [0.15, 0.2) is 18.2 Å². The monoisotopic (exact) mass is 221 g/mol. The molecule has 1 unspecified atom stereocenters. The molecule has 1 atom stereocenters. The number of benzene rings is 1. The van der Waals surface area contributed by atoms with Gasteiger partial charge in [0.15, 0.2) is 5.82 Å². The first kappa shape index (κ1) is 11.1. The summed E-state index contributed by atoms with van der Waals surface area (Å²) in [6.45, 7) is 1.98. The van der Waals surface area contributed by atoms with Crippen molar-refractivity contribution in [2.75, 3.05) is 0 Å². The average molecular weight is 221 g/mol. The van der Waals surface area contributed by atoms with E-state index in [-0.39, 0.29) is 11.9 Å². The molecule has 0 aliphatic carbocycles. The van der Waals surface area contributed by atoms with Gasteiger partial charge >= 0.3 is 0 Å². The van der Waals surface area contributed by atoms with Gasteiger partial charge in [-0.05, 0) is 31.9 Å². The number of halogens is 1. The van der Waals surface area contributed by atoms with Gasteiger partial charge in [-0.25, -0.2) is 9.37 Å². The van der Waals surface area contributed by atoms with E-state index in [4.69, 9.17) is 5.73 Å². The van der Waals surface area contributed by atoms with Crippen molar-refractivity contribution in [3.63, 3.8) is 0 Å². The van der Waals surface area contributed by atoms with E-state index in [1.165, 1.54) is 6.07 Å². The highest BCUT2D eigenvalue weighted by molar-refractivity contribution is 5.75. The lowest BCUT2D eigenvalue weighted by atomic mass is 10.1. The van der Waals surface area contributed by atoms with E-state index in [9.17, 15) is 4.39 Å². The molecule has 2 rings (SSSR count). The van der Waals surface area contributed by atoms with Gasteiger partial charge in [-0.3, -0.25) is 0 Å². The smallest absolute Gasteiger partial charge is 0.151 e. The Morgan fingerprint density at radius 3 is 3.00 bits per heavy atom. The average Bonchev–Trinajstić information content (AvgIpc) is 2.61. The molecule has 0 fully saturated rings. The summed E-state index contributed by atoms with van der Waals surface area (Å²) in [4.78, 5) is 7.36. The fourth-order valence-electron chi connectivity index (χ4n) is 1.76. The van der Waals surface area contributed by atoms with E-state index in [1.54, 1.807) is 6.07 Å². The Kier molecular flexibility index (Phi) is 3.19. The molecule has 1 heterocycles. The van der Waals surface area contributed by atoms with Crippen LogP contribution in [0.5, 0.6) is 0 Å². The third-order valence-electron chi connectivity index (χ3n) is 2.59. The maximum absolute atomic E-state index is 13.3. The quantitative estimate of drug-likeness (QED) is 0.832. The number of aryl methyl sites for hydroxylation is 1. The highest BCUT2D eigenvalue weighted by atomic mass is 19.1. The molecule has 86 valence electrons. The Hall–Kier alpha value is -1.42. The van der Waals surface area contributed by atoms with E-state index < -0.39 is 0 Å². The molecule has 1 aromatic carbocycles. The molecule has 0 amide bonds. The highest BCUT2D eigenvalue weighted by Crippen LogP contribution is 2.15. The molecule has 0 saturated carbocycles. The van der Waals surface area contributed by atoms with Crippen LogP contribution in [0.1, 0.15) is 25.6 Å². The van der Waals surface area contributed by atoms with Crippen molar-refractivity contribution >= 4 is 11.0 Å². The van der Waals surface area contributed by atoms with E-state index in [0.717, 1.165) is 30.6 Å². The van der Waals surface area contributed by atoms with Crippen LogP contribution >= 0.6 is 0 Å². The Morgan fingerprint density at radius 2 is 2.31 bits per heavy atom. The number of nitrogens with one attached hydrogen (secondary N) is 1. The van der Waals surface area contributed by atoms with Gasteiger partial charge in [0, 0.05) is 12.5 Å². The molecule has 3 nitrogen and oxygen atoms in total. The standard InChI is InChI=1S/C12H16FN3/c1-8(14)4-2-7-11-15-10-6-3-5-9(13)12(10)16-11/h3,5-6,8H,2,4,7,14H2,1H3,(H,15,16). The predicted octanol–water partition coefficient (Wildman–Crippen LogP) is 2.37. The van der Waals surface area contributed by atoms with Crippen LogP contribution in [0, 0.1) is 5.82 Å². The first-order chi connectivity index (χ1) is 7.66. The number of fused-ring (bicyclic) bond motifs is 1. The minimum Gasteiger partial charge on any atom is -0.342 e. The first-order valence-corrected chi connectivity index (χ1v) is 5.55. The zero-order valence-electron chi connectivity index (χ0n) is 9.33. The highest BCUT2D eigenvalue weighted by Gasteiger charge is 2.06. The van der Waals surface area contributed by atoms with Crippen molar-refractivity contribution in [1.82, 2.24) is 9.97 Å². The van der Waals surface area contributed by atoms with Crippen molar-refractivity contribution in [2.45, 2.75) is 32.2 Å². The van der Waals surface area contributed by atoms with Crippen LogP contribution in [0.25, 0.3) is 11.0 Å². The summed E-state index contributed by atoms with van der Waals surface area (Å²) >= 11 is 0. The molecule has 4 heteroatoms. The zero-order valence-corrected chi connectivity index (χ0v) is 9.33. The fourth-order valence-corrected chi connectivity index (χ4v) is 1.76. The Bertz CT molecular complexity index is 476. The van der Waals surface area contributed by atoms with Crippen LogP contribution in [-0.2, 0) is 6.42 Å². The summed E-state index contributed by atoms with van der Waals surface area (Å²) in [5.74, 6) is 0.563. The van der Waals surface area contributed by atoms with Crippen LogP contribution in [0.4, 0.5) is 4.39 Å². The maximum Gasteiger partial charge on any atom is 0.151 e. The number of nitrogens with zero attached hydrogens (tertiary/aromatic N) is 1. The SMILES string of the molecule is CC(N)CCCc1nc2c(F)cccc2[nH]1. The summed E-state index contributed by atoms with van der Waals surface area (Å²) < 4.78 is 13.3. The second-order valence-electron chi connectivity index (χ2n) is 4.19. The molecule has 0 bridgehead atoms. The Labute approximate surface area is 93.9 Å². The number of aromatic amines is 1. The molecule has 3 N–H and O–H groups in total. The lowest BCUT2D eigenvalue weighted by Crippen LogP contribution is -2.14. The Balaban J connectivity index is 2.11. The summed E-state index contributed by atoms with van der Waals surface area (Å²) in [5.41, 5.74) is 6.85. The van der Waals surface area contributed by atoms with Crippen LogP contribution in [0.3, 0.4) is 0 Å². The van der Waals surface area contributed by atoms with Crippen molar-refractivity contribution in [3.05, 3.63) is 29.8 Å². The third kappa shape index (κ3) is 2.39. The number of imidazole rings is 1. The van der Waals surface area contributed by atoms with Gasteiger partial charge in [0.2, 0.25) is 0 Å². The number of hydrogen-bond donors (Lipinski definition) is 2. The molecule has 0 aliphatic heterocycles. The molecule has 1 aromatic heterocycles. The third-order valence-corrected chi connectivity index (χ3v) is 2.59. The molecular formula is C12H16FN3. The van der Waals surface area contributed by atoms with Gasteiger partial charge in [-0.1, -0.05) is 6.07 Å². The summed E-state index contributed by atoms with van der Waals surface area (Å²) in [6.07, 6.45) is 2.74. The second kappa shape index (κ2) is 4.61. The van der Waals surface area contributed by atoms with E-state index in [0.29, 0.717) is 5.52 Å². The number of H-pyrrole nitrogens is 1. The number of aromatic nitrogens is 2. The zero-order chi connectivity index (χ0) is 11.5. The van der Waals surface area contributed by atoms with Gasteiger partial charge in [0.05, 0.1) is 5.52 Å². The number of rotatable bonds is 4. The minimum atomic E-state index is -0.271. The van der Waals surface area contributed by atoms with E-state index in [2.05, 4.69) is 9.97 Å². The number of hydrogen-bond acceptors (Lipinski definition) is 2. The van der Waals surface area contributed by atoms with Gasteiger partial charge < -0.3 is 10.7 Å². The van der Waals surface area contributed by atoms with Crippen molar-refractivity contribution in [1.29, 1.82) is 0 Å². The van der Waals surface area contributed by atoms with Gasteiger partial charge in [-0.2, -0.15) is 0 Å². The topological polar surface area (TPSA) is 54.7 Å².